The lowest BCUT2D eigenvalue weighted by Gasteiger charge is -2.32. The van der Waals surface area contributed by atoms with Crippen molar-refractivity contribution >= 4 is 29.3 Å². The number of likely N-dealkylation sites (tertiary alicyclic amines) is 1. The largest absolute Gasteiger partial charge is 0.507 e. The van der Waals surface area contributed by atoms with Crippen molar-refractivity contribution in [1.29, 1.82) is 0 Å². The van der Waals surface area contributed by atoms with Crippen LogP contribution in [0.5, 0.6) is 5.75 Å². The van der Waals surface area contributed by atoms with Crippen LogP contribution in [0.1, 0.15) is 115 Å². The molecule has 0 saturated carbocycles. The second kappa shape index (κ2) is 14.9. The number of thioether (sulfide) groups is 1. The first-order valence-corrected chi connectivity index (χ1v) is 15.1. The Morgan fingerprint density at radius 3 is 2.19 bits per heavy atom. The predicted octanol–water partition coefficient (Wildman–Crippen LogP) is 7.68. The standard InChI is InChI=1S/C30H50N2O3S/c1-7-8-9-10-11-12-13-14-15-16-20-36-30(5,6)29(35)32-19-17-18-26(32)28(34)31-25-21-22(2)27(33)24(4)23(25)3/h21,26,33H,7-20H2,1-6H3,(H,31,34). The normalized spacial score (nSPS) is 15.9. The van der Waals surface area contributed by atoms with Gasteiger partial charge in [0.2, 0.25) is 11.8 Å². The molecule has 1 aliphatic heterocycles. The molecule has 1 fully saturated rings. The molecule has 1 heterocycles. The van der Waals surface area contributed by atoms with Crippen molar-refractivity contribution < 1.29 is 14.7 Å². The summed E-state index contributed by atoms with van der Waals surface area (Å²) in [4.78, 5) is 28.4. The van der Waals surface area contributed by atoms with Crippen molar-refractivity contribution in [1.82, 2.24) is 4.90 Å². The molecular formula is C30H50N2O3S. The molecule has 2 N–H and O–H groups in total. The van der Waals surface area contributed by atoms with Crippen molar-refractivity contribution in [3.8, 4) is 5.75 Å². The topological polar surface area (TPSA) is 69.6 Å². The molecule has 0 radical (unpaired) electrons. The molecule has 204 valence electrons. The molecule has 0 aliphatic carbocycles. The number of phenolic OH excluding ortho intramolecular Hbond substituents is 1. The zero-order valence-corrected chi connectivity index (χ0v) is 24.5. The van der Waals surface area contributed by atoms with E-state index in [0.29, 0.717) is 18.7 Å². The lowest BCUT2D eigenvalue weighted by molar-refractivity contribution is -0.138. The third-order valence-electron chi connectivity index (χ3n) is 7.61. The molecule has 2 rings (SSSR count). The van der Waals surface area contributed by atoms with Gasteiger partial charge >= 0.3 is 0 Å². The Bertz CT molecular complexity index is 868. The van der Waals surface area contributed by atoms with Crippen LogP contribution in [0.4, 0.5) is 5.69 Å². The molecule has 1 unspecified atom stereocenters. The van der Waals surface area contributed by atoms with E-state index in [0.717, 1.165) is 35.3 Å². The van der Waals surface area contributed by atoms with E-state index < -0.39 is 10.8 Å². The number of rotatable bonds is 15. The lowest BCUT2D eigenvalue weighted by Crippen LogP contribution is -2.49. The molecule has 1 aliphatic rings. The van der Waals surface area contributed by atoms with Crippen molar-refractivity contribution in [2.75, 3.05) is 17.6 Å². The first-order valence-electron chi connectivity index (χ1n) is 14.2. The summed E-state index contributed by atoms with van der Waals surface area (Å²) in [7, 11) is 0. The SMILES string of the molecule is CCCCCCCCCCCCSC(C)(C)C(=O)N1CCCC1C(=O)Nc1cc(C)c(O)c(C)c1C. The van der Waals surface area contributed by atoms with Gasteiger partial charge in [0.05, 0.1) is 4.75 Å². The fraction of sp³-hybridized carbons (Fsp3) is 0.733. The second-order valence-corrected chi connectivity index (χ2v) is 12.7. The molecule has 1 aromatic rings. The van der Waals surface area contributed by atoms with E-state index in [-0.39, 0.29) is 17.6 Å². The number of anilines is 1. The second-order valence-electron chi connectivity index (χ2n) is 11.0. The van der Waals surface area contributed by atoms with E-state index in [1.165, 1.54) is 57.8 Å². The van der Waals surface area contributed by atoms with Crippen LogP contribution in [0.2, 0.25) is 0 Å². The number of carbonyl (C=O) groups is 2. The Kier molecular flexibility index (Phi) is 12.6. The summed E-state index contributed by atoms with van der Waals surface area (Å²) >= 11 is 1.73. The van der Waals surface area contributed by atoms with Crippen LogP contribution >= 0.6 is 11.8 Å². The quantitative estimate of drug-likeness (QED) is 0.184. The fourth-order valence-electron chi connectivity index (χ4n) is 5.02. The van der Waals surface area contributed by atoms with E-state index >= 15 is 0 Å². The number of benzene rings is 1. The molecule has 1 aromatic carbocycles. The van der Waals surface area contributed by atoms with Gasteiger partial charge in [0.15, 0.2) is 0 Å². The van der Waals surface area contributed by atoms with E-state index in [4.69, 9.17) is 0 Å². The highest BCUT2D eigenvalue weighted by molar-refractivity contribution is 8.01. The summed E-state index contributed by atoms with van der Waals surface area (Å²) in [5.74, 6) is 1.17. The average Bonchev–Trinajstić information content (AvgIpc) is 3.34. The number of unbranched alkanes of at least 4 members (excludes halogenated alkanes) is 9. The van der Waals surface area contributed by atoms with E-state index in [1.807, 2.05) is 40.7 Å². The average molecular weight is 519 g/mol. The Balaban J connectivity index is 1.80. The number of nitrogens with zero attached hydrogens (tertiary/aromatic N) is 1. The highest BCUT2D eigenvalue weighted by Crippen LogP contribution is 2.33. The van der Waals surface area contributed by atoms with Crippen molar-refractivity contribution in [2.45, 2.75) is 129 Å². The van der Waals surface area contributed by atoms with Gasteiger partial charge in [0.25, 0.3) is 0 Å². The minimum absolute atomic E-state index is 0.0621. The number of nitrogens with one attached hydrogen (secondary N) is 1. The summed E-state index contributed by atoms with van der Waals surface area (Å²) in [5, 5.41) is 13.2. The van der Waals surface area contributed by atoms with Gasteiger partial charge < -0.3 is 15.3 Å². The van der Waals surface area contributed by atoms with Crippen LogP contribution in [-0.2, 0) is 9.59 Å². The Morgan fingerprint density at radius 1 is 1.00 bits per heavy atom. The number of hydrogen-bond donors (Lipinski definition) is 2. The number of amides is 2. The third-order valence-corrected chi connectivity index (χ3v) is 9.00. The Labute approximate surface area is 224 Å². The van der Waals surface area contributed by atoms with E-state index in [2.05, 4.69) is 12.2 Å². The first kappa shape index (κ1) is 30.5. The maximum Gasteiger partial charge on any atom is 0.247 e. The van der Waals surface area contributed by atoms with Gasteiger partial charge in [-0.2, -0.15) is 0 Å². The fourth-order valence-corrected chi connectivity index (χ4v) is 6.12. The molecule has 1 atom stereocenters. The lowest BCUT2D eigenvalue weighted by atomic mass is 10.0. The van der Waals surface area contributed by atoms with E-state index in [9.17, 15) is 14.7 Å². The predicted molar refractivity (Wildman–Crippen MR) is 154 cm³/mol. The third kappa shape index (κ3) is 8.71. The summed E-state index contributed by atoms with van der Waals surface area (Å²) < 4.78 is -0.538. The van der Waals surface area contributed by atoms with Crippen LogP contribution in [0.25, 0.3) is 0 Å². The van der Waals surface area contributed by atoms with Crippen molar-refractivity contribution in [3.05, 3.63) is 22.8 Å². The zero-order valence-electron chi connectivity index (χ0n) is 23.7. The highest BCUT2D eigenvalue weighted by Gasteiger charge is 2.41. The summed E-state index contributed by atoms with van der Waals surface area (Å²) in [6, 6.07) is 1.37. The van der Waals surface area contributed by atoms with Crippen LogP contribution in [0.15, 0.2) is 6.07 Å². The van der Waals surface area contributed by atoms with Crippen LogP contribution in [0, 0.1) is 20.8 Å². The van der Waals surface area contributed by atoms with Crippen LogP contribution in [0.3, 0.4) is 0 Å². The summed E-state index contributed by atoms with van der Waals surface area (Å²) in [5.41, 5.74) is 3.07. The molecule has 0 bridgehead atoms. The van der Waals surface area contributed by atoms with Gasteiger partial charge in [-0.05, 0) is 82.4 Å². The molecule has 6 heteroatoms. The number of aromatic hydroxyl groups is 1. The molecule has 2 amide bonds. The highest BCUT2D eigenvalue weighted by atomic mass is 32.2. The summed E-state index contributed by atoms with van der Waals surface area (Å²) in [6.07, 6.45) is 14.7. The number of hydrogen-bond acceptors (Lipinski definition) is 4. The molecule has 5 nitrogen and oxygen atoms in total. The summed E-state index contributed by atoms with van der Waals surface area (Å²) in [6.45, 7) is 12.5. The molecule has 36 heavy (non-hydrogen) atoms. The minimum Gasteiger partial charge on any atom is -0.507 e. The van der Waals surface area contributed by atoms with Gasteiger partial charge in [-0.3, -0.25) is 9.59 Å². The number of carbonyl (C=O) groups excluding carboxylic acids is 2. The number of aryl methyl sites for hydroxylation is 1. The van der Waals surface area contributed by atoms with Crippen LogP contribution < -0.4 is 5.32 Å². The molecular weight excluding hydrogens is 468 g/mol. The molecule has 0 aromatic heterocycles. The van der Waals surface area contributed by atoms with E-state index in [1.54, 1.807) is 16.7 Å². The van der Waals surface area contributed by atoms with Gasteiger partial charge in [0, 0.05) is 12.2 Å². The number of phenols is 1. The smallest absolute Gasteiger partial charge is 0.247 e. The Hall–Kier alpha value is -1.69. The van der Waals surface area contributed by atoms with Crippen molar-refractivity contribution in [3.63, 3.8) is 0 Å². The zero-order chi connectivity index (χ0) is 26.7. The van der Waals surface area contributed by atoms with Gasteiger partial charge in [-0.1, -0.05) is 64.7 Å². The van der Waals surface area contributed by atoms with Crippen LogP contribution in [-0.4, -0.2) is 44.9 Å². The van der Waals surface area contributed by atoms with Gasteiger partial charge in [-0.25, -0.2) is 0 Å². The first-order chi connectivity index (χ1) is 17.1. The minimum atomic E-state index is -0.538. The maximum atomic E-state index is 13.5. The Morgan fingerprint density at radius 2 is 1.58 bits per heavy atom. The maximum absolute atomic E-state index is 13.5. The molecule has 1 saturated heterocycles. The van der Waals surface area contributed by atoms with Gasteiger partial charge in [0.1, 0.15) is 11.8 Å². The van der Waals surface area contributed by atoms with Gasteiger partial charge in [-0.15, -0.1) is 11.8 Å². The van der Waals surface area contributed by atoms with Crippen molar-refractivity contribution in [2.24, 2.45) is 0 Å². The molecule has 0 spiro atoms. The monoisotopic (exact) mass is 518 g/mol.